The number of aromatic nitrogens is 2. The van der Waals surface area contributed by atoms with Gasteiger partial charge in [-0.3, -0.25) is 0 Å². The Morgan fingerprint density at radius 1 is 1.00 bits per heavy atom. The van der Waals surface area contributed by atoms with Crippen molar-refractivity contribution in [1.82, 2.24) is 9.97 Å². The van der Waals surface area contributed by atoms with Crippen LogP contribution in [0.3, 0.4) is 0 Å². The minimum absolute atomic E-state index is 0.763. The highest BCUT2D eigenvalue weighted by molar-refractivity contribution is 9.10. The first-order chi connectivity index (χ1) is 6.86. The minimum Gasteiger partial charge on any atom is -0.231 e. The van der Waals surface area contributed by atoms with Crippen LogP contribution in [0.15, 0.2) is 57.3 Å². The summed E-state index contributed by atoms with van der Waals surface area (Å²) in [7, 11) is 0. The van der Waals surface area contributed by atoms with Gasteiger partial charge in [-0.1, -0.05) is 12.1 Å². The van der Waals surface area contributed by atoms with E-state index in [-0.39, 0.29) is 0 Å². The molecule has 14 heavy (non-hydrogen) atoms. The predicted molar refractivity (Wildman–Crippen MR) is 60.3 cm³/mol. The molecule has 0 saturated carbocycles. The van der Waals surface area contributed by atoms with Gasteiger partial charge in [-0.05, 0) is 45.9 Å². The number of hydrogen-bond donors (Lipinski definition) is 0. The van der Waals surface area contributed by atoms with Crippen molar-refractivity contribution in [3.8, 4) is 0 Å². The van der Waals surface area contributed by atoms with Crippen molar-refractivity contribution in [3.63, 3.8) is 0 Å². The summed E-state index contributed by atoms with van der Waals surface area (Å²) in [5, 5.41) is 0.763. The lowest BCUT2D eigenvalue weighted by Gasteiger charge is -2.01. The smallest absolute Gasteiger partial charge is 0.192 e. The molecule has 2 rings (SSSR count). The van der Waals surface area contributed by atoms with E-state index in [2.05, 4.69) is 25.9 Å². The van der Waals surface area contributed by atoms with Crippen LogP contribution >= 0.6 is 27.7 Å². The lowest BCUT2D eigenvalue weighted by molar-refractivity contribution is 0.966. The molecule has 0 unspecified atom stereocenters. The highest BCUT2D eigenvalue weighted by Gasteiger charge is 2.02. The molecule has 0 saturated heterocycles. The van der Waals surface area contributed by atoms with Crippen LogP contribution in [0, 0.1) is 0 Å². The average Bonchev–Trinajstić information content (AvgIpc) is 2.23. The van der Waals surface area contributed by atoms with Crippen molar-refractivity contribution in [1.29, 1.82) is 0 Å². The van der Waals surface area contributed by atoms with E-state index >= 15 is 0 Å². The molecule has 2 nitrogen and oxygen atoms in total. The Kier molecular flexibility index (Phi) is 3.16. The third kappa shape index (κ3) is 2.33. The van der Waals surface area contributed by atoms with Gasteiger partial charge in [0.05, 0.1) is 0 Å². The van der Waals surface area contributed by atoms with Crippen LogP contribution in [0.2, 0.25) is 0 Å². The molecule has 0 aliphatic carbocycles. The summed E-state index contributed by atoms with van der Waals surface area (Å²) in [5.74, 6) is 0. The topological polar surface area (TPSA) is 25.8 Å². The second kappa shape index (κ2) is 4.57. The zero-order valence-electron chi connectivity index (χ0n) is 7.22. The molecule has 0 aliphatic heterocycles. The van der Waals surface area contributed by atoms with E-state index in [1.54, 1.807) is 24.2 Å². The van der Waals surface area contributed by atoms with E-state index in [1.807, 2.05) is 30.3 Å². The molecule has 0 N–H and O–H groups in total. The zero-order valence-corrected chi connectivity index (χ0v) is 9.62. The molecule has 0 aliphatic rings. The fourth-order valence-electron chi connectivity index (χ4n) is 0.964. The molecule has 0 amide bonds. The van der Waals surface area contributed by atoms with Gasteiger partial charge in [0, 0.05) is 21.8 Å². The summed E-state index contributed by atoms with van der Waals surface area (Å²) < 4.78 is 1.07. The maximum atomic E-state index is 4.15. The van der Waals surface area contributed by atoms with Gasteiger partial charge in [0.2, 0.25) is 0 Å². The standard InChI is InChI=1S/C10H7BrN2S/c11-8-4-1-2-5-9(8)14-10-12-6-3-7-13-10/h1-7H. The molecule has 0 bridgehead atoms. The molecule has 4 heteroatoms. The normalized spacial score (nSPS) is 10.1. The molecule has 1 heterocycles. The second-order valence-electron chi connectivity index (χ2n) is 2.56. The fourth-order valence-corrected chi connectivity index (χ4v) is 2.23. The molecule has 1 aromatic carbocycles. The predicted octanol–water partition coefficient (Wildman–Crippen LogP) is 3.39. The number of nitrogens with zero attached hydrogens (tertiary/aromatic N) is 2. The Hall–Kier alpha value is -0.870. The Bertz CT molecular complexity index is 419. The minimum atomic E-state index is 0.763. The highest BCUT2D eigenvalue weighted by atomic mass is 79.9. The molecule has 70 valence electrons. The van der Waals surface area contributed by atoms with Crippen LogP contribution in [0.5, 0.6) is 0 Å². The Labute approximate surface area is 94.9 Å². The lowest BCUT2D eigenvalue weighted by Crippen LogP contribution is -1.83. The summed E-state index contributed by atoms with van der Waals surface area (Å²) in [6.45, 7) is 0. The third-order valence-electron chi connectivity index (χ3n) is 1.58. The van der Waals surface area contributed by atoms with E-state index in [0.29, 0.717) is 0 Å². The Morgan fingerprint density at radius 2 is 1.71 bits per heavy atom. The fraction of sp³-hybridized carbons (Fsp3) is 0. The first-order valence-electron chi connectivity index (χ1n) is 4.05. The van der Waals surface area contributed by atoms with Crippen LogP contribution in [0.4, 0.5) is 0 Å². The first kappa shape index (κ1) is 9.68. The quantitative estimate of drug-likeness (QED) is 0.780. The van der Waals surface area contributed by atoms with Crippen LogP contribution in [0.1, 0.15) is 0 Å². The van der Waals surface area contributed by atoms with E-state index in [4.69, 9.17) is 0 Å². The summed E-state index contributed by atoms with van der Waals surface area (Å²) in [5.41, 5.74) is 0. The summed E-state index contributed by atoms with van der Waals surface area (Å²) in [4.78, 5) is 9.42. The van der Waals surface area contributed by atoms with Gasteiger partial charge in [-0.25, -0.2) is 9.97 Å². The van der Waals surface area contributed by atoms with E-state index < -0.39 is 0 Å². The van der Waals surface area contributed by atoms with Crippen LogP contribution in [0.25, 0.3) is 0 Å². The molecule has 0 spiro atoms. The van der Waals surface area contributed by atoms with E-state index in [1.165, 1.54) is 0 Å². The number of rotatable bonds is 2. The first-order valence-corrected chi connectivity index (χ1v) is 5.66. The van der Waals surface area contributed by atoms with Crippen LogP contribution in [-0.2, 0) is 0 Å². The van der Waals surface area contributed by atoms with Gasteiger partial charge in [-0.2, -0.15) is 0 Å². The number of hydrogen-bond acceptors (Lipinski definition) is 3. The van der Waals surface area contributed by atoms with Gasteiger partial charge in [0.25, 0.3) is 0 Å². The molecular formula is C10H7BrN2S. The van der Waals surface area contributed by atoms with Crippen molar-refractivity contribution >= 4 is 27.7 Å². The summed E-state index contributed by atoms with van der Waals surface area (Å²) >= 11 is 5.02. The molecule has 0 radical (unpaired) electrons. The molecule has 1 aromatic heterocycles. The van der Waals surface area contributed by atoms with Crippen molar-refractivity contribution in [2.45, 2.75) is 10.1 Å². The van der Waals surface area contributed by atoms with Gasteiger partial charge < -0.3 is 0 Å². The van der Waals surface area contributed by atoms with Crippen molar-refractivity contribution in [2.24, 2.45) is 0 Å². The Balaban J connectivity index is 2.24. The second-order valence-corrected chi connectivity index (χ2v) is 4.43. The summed E-state index contributed by atoms with van der Waals surface area (Å²) in [6.07, 6.45) is 3.48. The van der Waals surface area contributed by atoms with Gasteiger partial charge in [-0.15, -0.1) is 0 Å². The number of benzene rings is 1. The largest absolute Gasteiger partial charge is 0.231 e. The van der Waals surface area contributed by atoms with Crippen molar-refractivity contribution < 1.29 is 0 Å². The molecule has 2 aromatic rings. The third-order valence-corrected chi connectivity index (χ3v) is 3.50. The van der Waals surface area contributed by atoms with Crippen LogP contribution in [-0.4, -0.2) is 9.97 Å². The Morgan fingerprint density at radius 3 is 2.43 bits per heavy atom. The molecule has 0 atom stereocenters. The maximum absolute atomic E-state index is 4.15. The maximum Gasteiger partial charge on any atom is 0.192 e. The average molecular weight is 267 g/mol. The zero-order chi connectivity index (χ0) is 9.80. The van der Waals surface area contributed by atoms with Gasteiger partial charge in [0.15, 0.2) is 5.16 Å². The van der Waals surface area contributed by atoms with Gasteiger partial charge in [0.1, 0.15) is 0 Å². The molecule has 0 fully saturated rings. The monoisotopic (exact) mass is 266 g/mol. The summed E-state index contributed by atoms with van der Waals surface area (Å²) in [6, 6.07) is 9.83. The van der Waals surface area contributed by atoms with Crippen LogP contribution < -0.4 is 0 Å². The van der Waals surface area contributed by atoms with Crippen molar-refractivity contribution in [3.05, 3.63) is 47.2 Å². The highest BCUT2D eigenvalue weighted by Crippen LogP contribution is 2.30. The SMILES string of the molecule is Brc1ccccc1Sc1ncccn1. The van der Waals surface area contributed by atoms with E-state index in [9.17, 15) is 0 Å². The van der Waals surface area contributed by atoms with E-state index in [0.717, 1.165) is 14.5 Å². The van der Waals surface area contributed by atoms with Crippen molar-refractivity contribution in [2.75, 3.05) is 0 Å². The molecular weight excluding hydrogens is 260 g/mol. The lowest BCUT2D eigenvalue weighted by atomic mass is 10.4. The number of halogens is 1. The van der Waals surface area contributed by atoms with Gasteiger partial charge >= 0.3 is 0 Å².